The van der Waals surface area contributed by atoms with E-state index in [0.717, 1.165) is 50.5 Å². The molecule has 0 saturated carbocycles. The van der Waals surface area contributed by atoms with Crippen molar-refractivity contribution in [1.29, 1.82) is 0 Å². The van der Waals surface area contributed by atoms with Gasteiger partial charge in [-0.15, -0.1) is 0 Å². The lowest BCUT2D eigenvalue weighted by Gasteiger charge is -2.36. The number of allylic oxidation sites excluding steroid dienone is 2. The van der Waals surface area contributed by atoms with Crippen LogP contribution in [0.5, 0.6) is 34.5 Å². The standard InChI is InChI=1S/2C25H23N3O4/c1-29-21-10-9-18(23(30-2)24(21)31-3)25(16-7-5-4-6-8-16)12-11-17-19(13-25)27-28-22(17)20-14-32-15-26-20;1-29-20-10-9-18(22(30-2)23(20)31-3)25(16-7-5-4-6-8-16)12-11-17-19(15-25)27-28-21(17)24-26-13-14-32-24/h4-12,14-15H,13H2,1-3H3,(H,27,28);4-14H,15H2,1-3H3,(H,27,28). The molecule has 2 N–H and O–H groups in total. The van der Waals surface area contributed by atoms with Crippen LogP contribution in [-0.4, -0.2) is 73.0 Å². The Hall–Kier alpha value is -8.00. The van der Waals surface area contributed by atoms with Crippen molar-refractivity contribution in [2.45, 2.75) is 23.7 Å². The molecule has 4 heterocycles. The molecule has 4 aromatic carbocycles. The lowest BCUT2D eigenvalue weighted by molar-refractivity contribution is 0.319. The van der Waals surface area contributed by atoms with Gasteiger partial charge < -0.3 is 37.3 Å². The highest BCUT2D eigenvalue weighted by Crippen LogP contribution is 2.52. The number of aromatic nitrogens is 6. The van der Waals surface area contributed by atoms with E-state index >= 15 is 0 Å². The number of aromatic amines is 2. The van der Waals surface area contributed by atoms with Crippen molar-refractivity contribution in [2.75, 3.05) is 42.7 Å². The molecule has 0 bridgehead atoms. The molecule has 0 aliphatic heterocycles. The Morgan fingerprint density at radius 3 is 1.48 bits per heavy atom. The number of rotatable bonds is 12. The number of methoxy groups -OCH3 is 6. The molecule has 0 amide bonds. The zero-order chi connectivity index (χ0) is 44.3. The Bertz CT molecular complexity index is 2720. The van der Waals surface area contributed by atoms with E-state index in [4.69, 9.17) is 37.3 Å². The average Bonchev–Trinajstić information content (AvgIpc) is 4.21. The van der Waals surface area contributed by atoms with Crippen molar-refractivity contribution in [3.8, 4) is 57.5 Å². The van der Waals surface area contributed by atoms with Crippen LogP contribution < -0.4 is 28.4 Å². The van der Waals surface area contributed by atoms with Crippen molar-refractivity contribution in [3.63, 3.8) is 0 Å². The monoisotopic (exact) mass is 858 g/mol. The summed E-state index contributed by atoms with van der Waals surface area (Å²) in [6.45, 7) is 0. The van der Waals surface area contributed by atoms with Gasteiger partial charge in [0.15, 0.2) is 35.1 Å². The summed E-state index contributed by atoms with van der Waals surface area (Å²) in [6.07, 6.45) is 16.0. The Kier molecular flexibility index (Phi) is 11.2. The number of hydrogen-bond donors (Lipinski definition) is 2. The highest BCUT2D eigenvalue weighted by Gasteiger charge is 2.42. The minimum atomic E-state index is -0.514. The molecule has 2 aliphatic carbocycles. The van der Waals surface area contributed by atoms with Crippen molar-refractivity contribution in [3.05, 3.63) is 167 Å². The Morgan fingerprint density at radius 2 is 1.05 bits per heavy atom. The van der Waals surface area contributed by atoms with Gasteiger partial charge >= 0.3 is 0 Å². The maximum absolute atomic E-state index is 5.87. The second-order valence-electron chi connectivity index (χ2n) is 15.1. The fourth-order valence-corrected chi connectivity index (χ4v) is 9.01. The highest BCUT2D eigenvalue weighted by molar-refractivity contribution is 5.77. The third-order valence-electron chi connectivity index (χ3n) is 12.0. The quantitative estimate of drug-likeness (QED) is 0.120. The molecular weight excluding hydrogens is 813 g/mol. The van der Waals surface area contributed by atoms with Crippen molar-refractivity contribution in [1.82, 2.24) is 30.4 Å². The van der Waals surface area contributed by atoms with Gasteiger partial charge in [0, 0.05) is 57.3 Å². The van der Waals surface area contributed by atoms with Crippen molar-refractivity contribution >= 4 is 12.2 Å². The van der Waals surface area contributed by atoms with Crippen LogP contribution in [0.3, 0.4) is 0 Å². The zero-order valence-corrected chi connectivity index (χ0v) is 36.2. The summed E-state index contributed by atoms with van der Waals surface area (Å²) in [6, 6.07) is 28.6. The van der Waals surface area contributed by atoms with Gasteiger partial charge in [-0.05, 0) is 23.3 Å². The summed E-state index contributed by atoms with van der Waals surface area (Å²) in [5.41, 5.74) is 9.31. The normalized spacial score (nSPS) is 17.1. The fourth-order valence-electron chi connectivity index (χ4n) is 9.01. The van der Waals surface area contributed by atoms with E-state index in [1.54, 1.807) is 61.4 Å². The van der Waals surface area contributed by atoms with Crippen LogP contribution in [0.2, 0.25) is 0 Å². The van der Waals surface area contributed by atoms with Gasteiger partial charge in [0.05, 0.1) is 48.9 Å². The fraction of sp³-hybridized carbons (Fsp3) is 0.200. The van der Waals surface area contributed by atoms with Gasteiger partial charge in [-0.2, -0.15) is 10.2 Å². The summed E-state index contributed by atoms with van der Waals surface area (Å²) in [4.78, 5) is 8.51. The molecule has 64 heavy (non-hydrogen) atoms. The van der Waals surface area contributed by atoms with Gasteiger partial charge in [-0.3, -0.25) is 10.2 Å². The number of ether oxygens (including phenoxy) is 6. The molecule has 0 spiro atoms. The maximum Gasteiger partial charge on any atom is 0.247 e. The van der Waals surface area contributed by atoms with Crippen LogP contribution in [0.15, 0.2) is 131 Å². The first kappa shape index (κ1) is 41.4. The van der Waals surface area contributed by atoms with Crippen LogP contribution in [0.4, 0.5) is 0 Å². The third-order valence-corrected chi connectivity index (χ3v) is 12.0. The highest BCUT2D eigenvalue weighted by atomic mass is 16.5. The summed E-state index contributed by atoms with van der Waals surface area (Å²) in [5.74, 6) is 4.12. The summed E-state index contributed by atoms with van der Waals surface area (Å²) in [7, 11) is 9.77. The largest absolute Gasteiger partial charge is 0.493 e. The van der Waals surface area contributed by atoms with Crippen molar-refractivity contribution < 1.29 is 37.3 Å². The van der Waals surface area contributed by atoms with E-state index in [-0.39, 0.29) is 0 Å². The van der Waals surface area contributed by atoms with E-state index in [9.17, 15) is 0 Å². The number of nitrogens with one attached hydrogen (secondary N) is 2. The molecule has 10 rings (SSSR count). The van der Waals surface area contributed by atoms with E-state index in [0.29, 0.717) is 64.6 Å². The second-order valence-corrected chi connectivity index (χ2v) is 15.1. The molecule has 0 saturated heterocycles. The molecule has 2 aliphatic rings. The SMILES string of the molecule is COc1ccc(C2(c3ccccc3)C=Cc3c(-c4cocn4)n[nH]c3C2)c(OC)c1OC.COc1ccc(C2(c3ccccc3)C=Cc3c(-c4ncco4)n[nH]c3C2)c(OC)c1OC. The summed E-state index contributed by atoms with van der Waals surface area (Å²) < 4.78 is 44.7. The van der Waals surface area contributed by atoms with E-state index in [2.05, 4.69) is 78.9 Å². The van der Waals surface area contributed by atoms with Crippen LogP contribution in [0, 0.1) is 0 Å². The predicted octanol–water partition coefficient (Wildman–Crippen LogP) is 9.29. The number of oxazole rings is 2. The van der Waals surface area contributed by atoms with E-state index in [1.165, 1.54) is 6.39 Å². The molecule has 14 nitrogen and oxygen atoms in total. The topological polar surface area (TPSA) is 165 Å². The summed E-state index contributed by atoms with van der Waals surface area (Å²) in [5, 5.41) is 15.4. The molecular formula is C50H46N6O8. The molecule has 14 heteroatoms. The molecule has 0 radical (unpaired) electrons. The van der Waals surface area contributed by atoms with Gasteiger partial charge in [0.2, 0.25) is 17.4 Å². The van der Waals surface area contributed by atoms with Gasteiger partial charge in [0.1, 0.15) is 23.9 Å². The van der Waals surface area contributed by atoms with Crippen LogP contribution in [-0.2, 0) is 23.7 Å². The molecule has 8 aromatic rings. The van der Waals surface area contributed by atoms with Gasteiger partial charge in [-0.1, -0.05) is 97.1 Å². The molecule has 0 fully saturated rings. The smallest absolute Gasteiger partial charge is 0.247 e. The third kappa shape index (κ3) is 6.93. The first-order valence-corrected chi connectivity index (χ1v) is 20.4. The molecule has 2 atom stereocenters. The van der Waals surface area contributed by atoms with E-state index in [1.807, 2.05) is 60.7 Å². The molecule has 2 unspecified atom stereocenters. The maximum atomic E-state index is 5.87. The van der Waals surface area contributed by atoms with Crippen LogP contribution in [0.25, 0.3) is 35.1 Å². The minimum Gasteiger partial charge on any atom is -0.493 e. The van der Waals surface area contributed by atoms with Crippen LogP contribution in [0.1, 0.15) is 44.8 Å². The van der Waals surface area contributed by atoms with Crippen molar-refractivity contribution in [2.24, 2.45) is 0 Å². The van der Waals surface area contributed by atoms with Gasteiger partial charge in [0.25, 0.3) is 0 Å². The lowest BCUT2D eigenvalue weighted by Crippen LogP contribution is -2.31. The second kappa shape index (κ2) is 17.4. The Labute approximate surface area is 369 Å². The lowest BCUT2D eigenvalue weighted by atomic mass is 9.68. The number of benzene rings is 4. The average molecular weight is 859 g/mol. The molecule has 4 aromatic heterocycles. The predicted molar refractivity (Wildman–Crippen MR) is 240 cm³/mol. The first-order valence-electron chi connectivity index (χ1n) is 20.4. The Balaban J connectivity index is 0.000000162. The van der Waals surface area contributed by atoms with Crippen LogP contribution >= 0.6 is 0 Å². The first-order chi connectivity index (χ1) is 31.4. The molecule has 324 valence electrons. The number of H-pyrrole nitrogens is 2. The zero-order valence-electron chi connectivity index (χ0n) is 36.2. The Morgan fingerprint density at radius 1 is 0.547 bits per heavy atom. The minimum absolute atomic E-state index is 0.489. The number of nitrogens with zero attached hydrogens (tertiary/aromatic N) is 4. The number of hydrogen-bond acceptors (Lipinski definition) is 12. The van der Waals surface area contributed by atoms with Gasteiger partial charge in [-0.25, -0.2) is 9.97 Å². The summed E-state index contributed by atoms with van der Waals surface area (Å²) >= 11 is 0. The number of fused-ring (bicyclic) bond motifs is 2. The van der Waals surface area contributed by atoms with E-state index < -0.39 is 10.8 Å².